The van der Waals surface area contributed by atoms with E-state index in [0.29, 0.717) is 19.7 Å². The third-order valence-electron chi connectivity index (χ3n) is 3.17. The second-order valence-corrected chi connectivity index (χ2v) is 6.45. The molecule has 0 aliphatic heterocycles. The number of aliphatic hydroxyl groups excluding tert-OH is 1. The fraction of sp³-hybridized carbons (Fsp3) is 0.625. The molecule has 0 atom stereocenters. The van der Waals surface area contributed by atoms with Crippen LogP contribution in [0.1, 0.15) is 26.3 Å². The Morgan fingerprint density at radius 2 is 2.00 bits per heavy atom. The average molecular weight is 315 g/mol. The standard InChI is InChI=1S/C16H27ClN2O2/c1-16(2,3)18-12-13-14(17)6-5-7-15(13)19(8-10-20)9-11-21-4/h5-7,18,20H,8-12H2,1-4H3. The van der Waals surface area contributed by atoms with Crippen LogP contribution in [-0.4, -0.2) is 44.1 Å². The minimum atomic E-state index is 0.0186. The number of rotatable bonds is 8. The summed E-state index contributed by atoms with van der Waals surface area (Å²) in [7, 11) is 1.68. The van der Waals surface area contributed by atoms with Gasteiger partial charge >= 0.3 is 0 Å². The third-order valence-corrected chi connectivity index (χ3v) is 3.52. The molecule has 0 aromatic heterocycles. The maximum atomic E-state index is 9.29. The molecule has 0 aliphatic rings. The second-order valence-electron chi connectivity index (χ2n) is 6.04. The predicted octanol–water partition coefficient (Wildman–Crippen LogP) is 2.67. The van der Waals surface area contributed by atoms with Gasteiger partial charge in [0.2, 0.25) is 0 Å². The van der Waals surface area contributed by atoms with E-state index in [2.05, 4.69) is 31.0 Å². The molecule has 4 nitrogen and oxygen atoms in total. The monoisotopic (exact) mass is 314 g/mol. The number of aliphatic hydroxyl groups is 1. The molecule has 0 amide bonds. The average Bonchev–Trinajstić information content (AvgIpc) is 2.41. The van der Waals surface area contributed by atoms with Gasteiger partial charge in [-0.15, -0.1) is 0 Å². The largest absolute Gasteiger partial charge is 0.395 e. The van der Waals surface area contributed by atoms with Crippen molar-refractivity contribution >= 4 is 17.3 Å². The summed E-state index contributed by atoms with van der Waals surface area (Å²) in [6, 6.07) is 5.88. The Hall–Kier alpha value is -0.810. The van der Waals surface area contributed by atoms with Gasteiger partial charge in [-0.1, -0.05) is 17.7 Å². The van der Waals surface area contributed by atoms with E-state index in [-0.39, 0.29) is 12.1 Å². The van der Waals surface area contributed by atoms with Crippen LogP contribution < -0.4 is 10.2 Å². The maximum absolute atomic E-state index is 9.29. The zero-order valence-electron chi connectivity index (χ0n) is 13.4. The Balaban J connectivity index is 2.99. The topological polar surface area (TPSA) is 44.7 Å². The van der Waals surface area contributed by atoms with Crippen molar-refractivity contribution in [2.75, 3.05) is 38.3 Å². The van der Waals surface area contributed by atoms with Gasteiger partial charge < -0.3 is 20.1 Å². The highest BCUT2D eigenvalue weighted by atomic mass is 35.5. The quantitative estimate of drug-likeness (QED) is 0.774. The van der Waals surface area contributed by atoms with Crippen molar-refractivity contribution in [3.05, 3.63) is 28.8 Å². The second kappa shape index (κ2) is 8.59. The maximum Gasteiger partial charge on any atom is 0.0637 e. The third kappa shape index (κ3) is 6.22. The summed E-state index contributed by atoms with van der Waals surface area (Å²) in [5.74, 6) is 0. The van der Waals surface area contributed by atoms with Crippen molar-refractivity contribution in [2.24, 2.45) is 0 Å². The number of ether oxygens (including phenoxy) is 1. The van der Waals surface area contributed by atoms with Gasteiger partial charge in [0.25, 0.3) is 0 Å². The van der Waals surface area contributed by atoms with Crippen LogP contribution in [0.2, 0.25) is 5.02 Å². The molecule has 0 spiro atoms. The van der Waals surface area contributed by atoms with E-state index in [4.69, 9.17) is 16.3 Å². The van der Waals surface area contributed by atoms with Crippen LogP contribution in [0.15, 0.2) is 18.2 Å². The molecule has 1 aromatic rings. The normalized spacial score (nSPS) is 11.7. The molecule has 0 unspecified atom stereocenters. The lowest BCUT2D eigenvalue weighted by Gasteiger charge is -2.28. The molecule has 21 heavy (non-hydrogen) atoms. The van der Waals surface area contributed by atoms with Crippen molar-refractivity contribution in [2.45, 2.75) is 32.9 Å². The van der Waals surface area contributed by atoms with Gasteiger partial charge in [-0.25, -0.2) is 0 Å². The number of nitrogens with one attached hydrogen (secondary N) is 1. The van der Waals surface area contributed by atoms with Gasteiger partial charge in [-0.3, -0.25) is 0 Å². The SMILES string of the molecule is COCCN(CCO)c1cccc(Cl)c1CNC(C)(C)C. The van der Waals surface area contributed by atoms with E-state index in [0.717, 1.165) is 22.8 Å². The highest BCUT2D eigenvalue weighted by molar-refractivity contribution is 6.31. The van der Waals surface area contributed by atoms with Gasteiger partial charge in [-0.2, -0.15) is 0 Å². The molecule has 0 heterocycles. The summed E-state index contributed by atoms with van der Waals surface area (Å²) in [5.41, 5.74) is 2.12. The van der Waals surface area contributed by atoms with E-state index < -0.39 is 0 Å². The summed E-state index contributed by atoms with van der Waals surface area (Å²) in [6.07, 6.45) is 0. The summed E-state index contributed by atoms with van der Waals surface area (Å²) in [4.78, 5) is 2.11. The summed E-state index contributed by atoms with van der Waals surface area (Å²) < 4.78 is 5.15. The van der Waals surface area contributed by atoms with Crippen molar-refractivity contribution in [1.82, 2.24) is 5.32 Å². The summed E-state index contributed by atoms with van der Waals surface area (Å²) >= 11 is 6.38. The molecule has 0 bridgehead atoms. The number of methoxy groups -OCH3 is 1. The van der Waals surface area contributed by atoms with Crippen molar-refractivity contribution in [1.29, 1.82) is 0 Å². The highest BCUT2D eigenvalue weighted by Gasteiger charge is 2.16. The number of benzene rings is 1. The van der Waals surface area contributed by atoms with E-state index in [1.807, 2.05) is 18.2 Å². The molecule has 1 rings (SSSR count). The molecule has 0 radical (unpaired) electrons. The van der Waals surface area contributed by atoms with E-state index >= 15 is 0 Å². The molecule has 5 heteroatoms. The van der Waals surface area contributed by atoms with Gasteiger partial charge in [0.05, 0.1) is 13.2 Å². The first-order chi connectivity index (χ1) is 9.89. The molecule has 0 aliphatic carbocycles. The zero-order valence-corrected chi connectivity index (χ0v) is 14.2. The lowest BCUT2D eigenvalue weighted by Crippen LogP contribution is -2.36. The Morgan fingerprint density at radius 1 is 1.29 bits per heavy atom. The highest BCUT2D eigenvalue weighted by Crippen LogP contribution is 2.28. The predicted molar refractivity (Wildman–Crippen MR) is 89.2 cm³/mol. The van der Waals surface area contributed by atoms with Gasteiger partial charge in [0, 0.05) is 48.6 Å². The number of hydrogen-bond acceptors (Lipinski definition) is 4. The van der Waals surface area contributed by atoms with Crippen LogP contribution in [0.25, 0.3) is 0 Å². The van der Waals surface area contributed by atoms with Crippen LogP contribution in [0.4, 0.5) is 5.69 Å². The first-order valence-corrected chi connectivity index (χ1v) is 7.64. The Kier molecular flexibility index (Phi) is 7.46. The fourth-order valence-electron chi connectivity index (χ4n) is 2.05. The van der Waals surface area contributed by atoms with Crippen LogP contribution >= 0.6 is 11.6 Å². The molecule has 0 saturated carbocycles. The van der Waals surface area contributed by atoms with Crippen molar-refractivity contribution < 1.29 is 9.84 Å². The number of anilines is 1. The van der Waals surface area contributed by atoms with Crippen molar-refractivity contribution in [3.63, 3.8) is 0 Å². The summed E-state index contributed by atoms with van der Waals surface area (Å²) in [6.45, 7) is 9.06. The fourth-order valence-corrected chi connectivity index (χ4v) is 2.28. The van der Waals surface area contributed by atoms with Gasteiger partial charge in [0.15, 0.2) is 0 Å². The van der Waals surface area contributed by atoms with Crippen molar-refractivity contribution in [3.8, 4) is 0 Å². The minimum Gasteiger partial charge on any atom is -0.395 e. The molecule has 120 valence electrons. The van der Waals surface area contributed by atoms with Crippen LogP contribution in [0.5, 0.6) is 0 Å². The number of halogens is 1. The van der Waals surface area contributed by atoms with E-state index in [1.165, 1.54) is 0 Å². The van der Waals surface area contributed by atoms with Gasteiger partial charge in [0.1, 0.15) is 0 Å². The zero-order chi connectivity index (χ0) is 15.9. The number of nitrogens with zero attached hydrogens (tertiary/aromatic N) is 1. The lowest BCUT2D eigenvalue weighted by atomic mass is 10.1. The van der Waals surface area contributed by atoms with E-state index in [1.54, 1.807) is 7.11 Å². The summed E-state index contributed by atoms with van der Waals surface area (Å²) in [5, 5.41) is 13.5. The van der Waals surface area contributed by atoms with Crippen LogP contribution in [-0.2, 0) is 11.3 Å². The van der Waals surface area contributed by atoms with Crippen LogP contribution in [0, 0.1) is 0 Å². The molecular formula is C16H27ClN2O2. The first-order valence-electron chi connectivity index (χ1n) is 7.26. The lowest BCUT2D eigenvalue weighted by molar-refractivity contribution is 0.203. The Bertz CT molecular complexity index is 433. The number of hydrogen-bond donors (Lipinski definition) is 2. The molecule has 0 fully saturated rings. The van der Waals surface area contributed by atoms with Gasteiger partial charge in [-0.05, 0) is 32.9 Å². The minimum absolute atomic E-state index is 0.0186. The molecular weight excluding hydrogens is 288 g/mol. The molecule has 2 N–H and O–H groups in total. The Morgan fingerprint density at radius 3 is 2.57 bits per heavy atom. The van der Waals surface area contributed by atoms with Crippen LogP contribution in [0.3, 0.4) is 0 Å². The molecule has 0 saturated heterocycles. The Labute approximate surface area is 133 Å². The smallest absolute Gasteiger partial charge is 0.0637 e. The van der Waals surface area contributed by atoms with E-state index in [9.17, 15) is 5.11 Å². The molecule has 1 aromatic carbocycles. The first kappa shape index (κ1) is 18.2.